The normalized spacial score (nSPS) is 18.1. The molecule has 120 valence electrons. The average Bonchev–Trinajstić information content (AvgIpc) is 2.92. The van der Waals surface area contributed by atoms with Crippen LogP contribution in [-0.4, -0.2) is 59.4 Å². The molecule has 0 radical (unpaired) electrons. The van der Waals surface area contributed by atoms with Gasteiger partial charge in [-0.2, -0.15) is 0 Å². The Labute approximate surface area is 133 Å². The lowest BCUT2D eigenvalue weighted by molar-refractivity contribution is -0.145. The summed E-state index contributed by atoms with van der Waals surface area (Å²) in [4.78, 5) is 39.2. The summed E-state index contributed by atoms with van der Waals surface area (Å²) in [5.74, 6) is -1.74. The lowest BCUT2D eigenvalue weighted by atomic mass is 9.98. The van der Waals surface area contributed by atoms with E-state index in [9.17, 15) is 14.4 Å². The van der Waals surface area contributed by atoms with Crippen LogP contribution < -0.4 is 0 Å². The number of likely N-dealkylation sites (N-methyl/N-ethyl adjacent to an activating group) is 1. The third kappa shape index (κ3) is 3.65. The number of nitrogens with zero attached hydrogens (tertiary/aromatic N) is 2. The van der Waals surface area contributed by atoms with Crippen molar-refractivity contribution in [3.63, 3.8) is 0 Å². The van der Waals surface area contributed by atoms with Gasteiger partial charge in [0.05, 0.1) is 17.3 Å². The molecule has 1 N–H and O–H groups in total. The molecule has 0 aliphatic carbocycles. The van der Waals surface area contributed by atoms with Gasteiger partial charge in [0, 0.05) is 20.1 Å². The van der Waals surface area contributed by atoms with E-state index in [2.05, 4.69) is 0 Å². The molecule has 0 aromatic carbocycles. The maximum absolute atomic E-state index is 12.3. The van der Waals surface area contributed by atoms with Crippen molar-refractivity contribution >= 4 is 29.1 Å². The fraction of sp³-hybridized carbons (Fsp3) is 0.533. The minimum Gasteiger partial charge on any atom is -0.481 e. The van der Waals surface area contributed by atoms with Gasteiger partial charge >= 0.3 is 5.97 Å². The van der Waals surface area contributed by atoms with Crippen LogP contribution in [0.3, 0.4) is 0 Å². The number of aliphatic carboxylic acids is 1. The molecule has 2 amide bonds. The molecule has 7 heteroatoms. The molecule has 1 aromatic heterocycles. The van der Waals surface area contributed by atoms with Gasteiger partial charge in [-0.25, -0.2) is 0 Å². The highest BCUT2D eigenvalue weighted by atomic mass is 32.1. The molecule has 1 aromatic rings. The first-order valence-electron chi connectivity index (χ1n) is 7.20. The SMILES string of the molecule is Cc1ccsc1C(=O)N(C)CC(=O)N1CCCC(C(=O)O)C1. The van der Waals surface area contributed by atoms with Crippen LogP contribution in [0.15, 0.2) is 11.4 Å². The van der Waals surface area contributed by atoms with Gasteiger partial charge in [0.2, 0.25) is 5.91 Å². The Hall–Kier alpha value is -1.89. The molecule has 2 heterocycles. The van der Waals surface area contributed by atoms with Crippen molar-refractivity contribution in [2.45, 2.75) is 19.8 Å². The number of carboxylic acids is 1. The highest BCUT2D eigenvalue weighted by molar-refractivity contribution is 7.12. The molecule has 0 bridgehead atoms. The second kappa shape index (κ2) is 6.91. The van der Waals surface area contributed by atoms with Crippen LogP contribution in [0, 0.1) is 12.8 Å². The maximum Gasteiger partial charge on any atom is 0.308 e. The lowest BCUT2D eigenvalue weighted by Crippen LogP contribution is -2.46. The van der Waals surface area contributed by atoms with E-state index >= 15 is 0 Å². The molecular formula is C15H20N2O4S. The van der Waals surface area contributed by atoms with Gasteiger partial charge in [-0.3, -0.25) is 14.4 Å². The average molecular weight is 324 g/mol. The van der Waals surface area contributed by atoms with Crippen LogP contribution in [0.1, 0.15) is 28.1 Å². The van der Waals surface area contributed by atoms with Crippen molar-refractivity contribution < 1.29 is 19.5 Å². The number of hydrogen-bond acceptors (Lipinski definition) is 4. The third-order valence-electron chi connectivity index (χ3n) is 3.90. The second-order valence-electron chi connectivity index (χ2n) is 5.61. The fourth-order valence-electron chi connectivity index (χ4n) is 2.55. The summed E-state index contributed by atoms with van der Waals surface area (Å²) in [6.07, 6.45) is 1.28. The molecule has 1 unspecified atom stereocenters. The Bertz CT molecular complexity index is 584. The first kappa shape index (κ1) is 16.5. The van der Waals surface area contributed by atoms with E-state index in [4.69, 9.17) is 5.11 Å². The van der Waals surface area contributed by atoms with Crippen molar-refractivity contribution in [3.8, 4) is 0 Å². The molecular weight excluding hydrogens is 304 g/mol. The van der Waals surface area contributed by atoms with E-state index in [0.717, 1.165) is 5.56 Å². The molecule has 1 aliphatic rings. The van der Waals surface area contributed by atoms with Gasteiger partial charge in [0.1, 0.15) is 0 Å². The van der Waals surface area contributed by atoms with Crippen molar-refractivity contribution in [3.05, 3.63) is 21.9 Å². The molecule has 22 heavy (non-hydrogen) atoms. The summed E-state index contributed by atoms with van der Waals surface area (Å²) in [6, 6.07) is 1.87. The first-order valence-corrected chi connectivity index (χ1v) is 8.08. The van der Waals surface area contributed by atoms with Gasteiger partial charge in [-0.1, -0.05) is 0 Å². The standard InChI is InChI=1S/C15H20N2O4S/c1-10-5-7-22-13(10)14(19)16(2)9-12(18)17-6-3-4-11(8-17)15(20)21/h5,7,11H,3-4,6,8-9H2,1-2H3,(H,20,21). The van der Waals surface area contributed by atoms with E-state index in [0.29, 0.717) is 24.3 Å². The summed E-state index contributed by atoms with van der Waals surface area (Å²) in [6.45, 7) is 2.63. The number of thiophene rings is 1. The van der Waals surface area contributed by atoms with Crippen molar-refractivity contribution in [1.29, 1.82) is 0 Å². The van der Waals surface area contributed by atoms with Crippen molar-refractivity contribution in [2.24, 2.45) is 5.92 Å². The van der Waals surface area contributed by atoms with Crippen LogP contribution in [0.4, 0.5) is 0 Å². The van der Waals surface area contributed by atoms with Crippen LogP contribution in [0.2, 0.25) is 0 Å². The van der Waals surface area contributed by atoms with E-state index in [1.54, 1.807) is 11.9 Å². The Morgan fingerprint density at radius 1 is 1.45 bits per heavy atom. The third-order valence-corrected chi connectivity index (χ3v) is 4.90. The van der Waals surface area contributed by atoms with Gasteiger partial charge in [-0.05, 0) is 36.8 Å². The fourth-order valence-corrected chi connectivity index (χ4v) is 3.46. The van der Waals surface area contributed by atoms with Crippen LogP contribution in [-0.2, 0) is 9.59 Å². The lowest BCUT2D eigenvalue weighted by Gasteiger charge is -2.32. The van der Waals surface area contributed by atoms with Crippen molar-refractivity contribution in [1.82, 2.24) is 9.80 Å². The largest absolute Gasteiger partial charge is 0.481 e. The number of rotatable bonds is 4. The van der Waals surface area contributed by atoms with Gasteiger partial charge in [0.15, 0.2) is 0 Å². The summed E-state index contributed by atoms with van der Waals surface area (Å²) in [5.41, 5.74) is 0.901. The quantitative estimate of drug-likeness (QED) is 0.909. The summed E-state index contributed by atoms with van der Waals surface area (Å²) >= 11 is 1.36. The highest BCUT2D eigenvalue weighted by Crippen LogP contribution is 2.19. The van der Waals surface area contributed by atoms with E-state index in [-0.39, 0.29) is 24.9 Å². The molecule has 6 nitrogen and oxygen atoms in total. The van der Waals surface area contributed by atoms with Crippen LogP contribution in [0.25, 0.3) is 0 Å². The minimum atomic E-state index is -0.865. The topological polar surface area (TPSA) is 77.9 Å². The molecule has 1 fully saturated rings. The highest BCUT2D eigenvalue weighted by Gasteiger charge is 2.29. The number of carboxylic acid groups (broad SMARTS) is 1. The van der Waals surface area contributed by atoms with E-state index in [1.807, 2.05) is 18.4 Å². The van der Waals surface area contributed by atoms with Crippen LogP contribution >= 0.6 is 11.3 Å². The van der Waals surface area contributed by atoms with E-state index in [1.165, 1.54) is 16.2 Å². The molecule has 1 saturated heterocycles. The number of amides is 2. The molecule has 1 atom stereocenters. The molecule has 0 saturated carbocycles. The summed E-state index contributed by atoms with van der Waals surface area (Å²) < 4.78 is 0. The molecule has 2 rings (SSSR count). The smallest absolute Gasteiger partial charge is 0.308 e. The number of piperidine rings is 1. The number of aryl methyl sites for hydroxylation is 1. The number of carbonyl (C=O) groups is 3. The Balaban J connectivity index is 1.95. The zero-order valence-corrected chi connectivity index (χ0v) is 13.6. The van der Waals surface area contributed by atoms with Gasteiger partial charge in [0.25, 0.3) is 5.91 Å². The Morgan fingerprint density at radius 3 is 2.77 bits per heavy atom. The van der Waals surface area contributed by atoms with Crippen LogP contribution in [0.5, 0.6) is 0 Å². The Kier molecular flexibility index (Phi) is 5.18. The zero-order chi connectivity index (χ0) is 16.3. The van der Waals surface area contributed by atoms with Gasteiger partial charge < -0.3 is 14.9 Å². The minimum absolute atomic E-state index is 0.0253. The van der Waals surface area contributed by atoms with E-state index < -0.39 is 11.9 Å². The molecule has 1 aliphatic heterocycles. The van der Waals surface area contributed by atoms with Gasteiger partial charge in [-0.15, -0.1) is 11.3 Å². The first-order chi connectivity index (χ1) is 10.4. The number of likely N-dealkylation sites (tertiary alicyclic amines) is 1. The Morgan fingerprint density at radius 2 is 2.18 bits per heavy atom. The number of hydrogen-bond donors (Lipinski definition) is 1. The predicted molar refractivity (Wildman–Crippen MR) is 83.0 cm³/mol. The second-order valence-corrected chi connectivity index (χ2v) is 6.53. The summed E-state index contributed by atoms with van der Waals surface area (Å²) in [5, 5.41) is 10.9. The number of carbonyl (C=O) groups excluding carboxylic acids is 2. The molecule has 0 spiro atoms. The predicted octanol–water partition coefficient (Wildman–Crippen LogP) is 1.45. The van der Waals surface area contributed by atoms with Crippen molar-refractivity contribution in [2.75, 3.05) is 26.7 Å². The summed E-state index contributed by atoms with van der Waals surface area (Å²) in [7, 11) is 1.60. The zero-order valence-electron chi connectivity index (χ0n) is 12.7. The maximum atomic E-state index is 12.3. The monoisotopic (exact) mass is 324 g/mol.